The van der Waals surface area contributed by atoms with Crippen molar-refractivity contribution in [1.82, 2.24) is 10.2 Å². The fourth-order valence-electron chi connectivity index (χ4n) is 4.53. The summed E-state index contributed by atoms with van der Waals surface area (Å²) in [6.45, 7) is 3.02. The number of hydrogen-bond acceptors (Lipinski definition) is 4. The lowest BCUT2D eigenvalue weighted by Crippen LogP contribution is -2.50. The van der Waals surface area contributed by atoms with Gasteiger partial charge in [-0.2, -0.15) is 0 Å². The van der Waals surface area contributed by atoms with E-state index in [1.807, 2.05) is 91.0 Å². The predicted octanol–water partition coefficient (Wildman–Crippen LogP) is 5.50. The van der Waals surface area contributed by atoms with Crippen molar-refractivity contribution in [3.05, 3.63) is 108 Å². The zero-order valence-electron chi connectivity index (χ0n) is 22.9. The number of nitrogens with zero attached hydrogens (tertiary/aromatic N) is 1. The van der Waals surface area contributed by atoms with Gasteiger partial charge in [0, 0.05) is 32.4 Å². The summed E-state index contributed by atoms with van der Waals surface area (Å²) >= 11 is 0. The van der Waals surface area contributed by atoms with Gasteiger partial charge in [-0.25, -0.2) is 0 Å². The summed E-state index contributed by atoms with van der Waals surface area (Å²) < 4.78 is 4.99. The highest BCUT2D eigenvalue weighted by molar-refractivity contribution is 5.88. The van der Waals surface area contributed by atoms with Gasteiger partial charge in [-0.15, -0.1) is 0 Å². The van der Waals surface area contributed by atoms with Crippen LogP contribution in [0.5, 0.6) is 0 Å². The highest BCUT2D eigenvalue weighted by atomic mass is 16.5. The van der Waals surface area contributed by atoms with Crippen LogP contribution in [0.3, 0.4) is 0 Å². The molecule has 0 heterocycles. The van der Waals surface area contributed by atoms with E-state index in [1.54, 1.807) is 11.8 Å². The van der Waals surface area contributed by atoms with E-state index in [0.29, 0.717) is 51.8 Å². The Morgan fingerprint density at radius 2 is 1.31 bits per heavy atom. The van der Waals surface area contributed by atoms with E-state index >= 15 is 0 Å². The van der Waals surface area contributed by atoms with Crippen molar-refractivity contribution in [1.29, 1.82) is 0 Å². The number of ether oxygens (including phenoxy) is 1. The summed E-state index contributed by atoms with van der Waals surface area (Å²) in [6.07, 6.45) is 3.90. The monoisotopic (exact) mass is 528 g/mol. The van der Waals surface area contributed by atoms with Crippen LogP contribution in [0.4, 0.5) is 0 Å². The van der Waals surface area contributed by atoms with Crippen molar-refractivity contribution >= 4 is 17.8 Å². The second-order valence-electron chi connectivity index (χ2n) is 9.61. The molecule has 0 saturated heterocycles. The molecule has 1 N–H and O–H groups in total. The summed E-state index contributed by atoms with van der Waals surface area (Å²) in [5, 5.41) is 3.09. The van der Waals surface area contributed by atoms with Gasteiger partial charge >= 0.3 is 5.97 Å². The summed E-state index contributed by atoms with van der Waals surface area (Å²) in [5.41, 5.74) is 3.13. The topological polar surface area (TPSA) is 75.7 Å². The largest absolute Gasteiger partial charge is 0.466 e. The number of rotatable bonds is 16. The highest BCUT2D eigenvalue weighted by Crippen LogP contribution is 2.17. The maximum atomic E-state index is 13.6. The molecule has 1 unspecified atom stereocenters. The van der Waals surface area contributed by atoms with Crippen LogP contribution in [0.15, 0.2) is 91.0 Å². The van der Waals surface area contributed by atoms with Crippen LogP contribution < -0.4 is 5.32 Å². The van der Waals surface area contributed by atoms with Crippen LogP contribution in [-0.2, 0) is 38.5 Å². The predicted molar refractivity (Wildman–Crippen MR) is 154 cm³/mol. The Bertz CT molecular complexity index is 1140. The number of unbranched alkanes of at least 4 members (excludes halogenated alkanes) is 2. The first-order valence-electron chi connectivity index (χ1n) is 13.9. The number of esters is 1. The number of benzene rings is 3. The number of hydrogen-bond donors (Lipinski definition) is 1. The Kier molecular flexibility index (Phi) is 12.8. The Morgan fingerprint density at radius 3 is 1.92 bits per heavy atom. The average Bonchev–Trinajstić information content (AvgIpc) is 2.96. The Balaban J connectivity index is 1.72. The van der Waals surface area contributed by atoms with E-state index in [2.05, 4.69) is 5.32 Å². The van der Waals surface area contributed by atoms with Gasteiger partial charge in [0.25, 0.3) is 0 Å². The minimum atomic E-state index is -0.643. The molecule has 0 aromatic heterocycles. The van der Waals surface area contributed by atoms with Crippen LogP contribution in [0.1, 0.15) is 55.7 Å². The van der Waals surface area contributed by atoms with E-state index in [9.17, 15) is 14.4 Å². The Morgan fingerprint density at radius 1 is 0.744 bits per heavy atom. The molecule has 1 atom stereocenters. The van der Waals surface area contributed by atoms with Crippen molar-refractivity contribution in [3.8, 4) is 0 Å². The molecule has 3 aromatic carbocycles. The van der Waals surface area contributed by atoms with Gasteiger partial charge in [0.2, 0.25) is 11.8 Å². The van der Waals surface area contributed by atoms with Gasteiger partial charge in [0.1, 0.15) is 6.04 Å². The first-order valence-corrected chi connectivity index (χ1v) is 13.9. The first-order chi connectivity index (χ1) is 19.1. The summed E-state index contributed by atoms with van der Waals surface area (Å²) in [7, 11) is 0. The second-order valence-corrected chi connectivity index (χ2v) is 9.61. The van der Waals surface area contributed by atoms with E-state index in [-0.39, 0.29) is 17.8 Å². The molecule has 0 aliphatic rings. The second kappa shape index (κ2) is 16.8. The number of nitrogens with one attached hydrogen (secondary N) is 1. The van der Waals surface area contributed by atoms with Crippen LogP contribution in [-0.4, -0.2) is 41.9 Å². The molecule has 206 valence electrons. The van der Waals surface area contributed by atoms with Crippen molar-refractivity contribution in [2.45, 2.75) is 64.5 Å². The van der Waals surface area contributed by atoms with Crippen molar-refractivity contribution < 1.29 is 19.1 Å². The third kappa shape index (κ3) is 10.8. The van der Waals surface area contributed by atoms with E-state index < -0.39 is 6.04 Å². The van der Waals surface area contributed by atoms with E-state index in [0.717, 1.165) is 29.5 Å². The lowest BCUT2D eigenvalue weighted by Gasteiger charge is -2.31. The molecule has 39 heavy (non-hydrogen) atoms. The minimum absolute atomic E-state index is 0.0610. The van der Waals surface area contributed by atoms with E-state index in [4.69, 9.17) is 4.74 Å². The third-order valence-corrected chi connectivity index (χ3v) is 6.60. The smallest absolute Gasteiger partial charge is 0.305 e. The molecule has 0 aliphatic carbocycles. The lowest BCUT2D eigenvalue weighted by atomic mass is 10.0. The Labute approximate surface area is 232 Å². The van der Waals surface area contributed by atoms with Crippen molar-refractivity contribution in [2.75, 3.05) is 13.2 Å². The molecule has 0 spiro atoms. The van der Waals surface area contributed by atoms with E-state index in [1.165, 1.54) is 0 Å². The molecule has 0 aliphatic heterocycles. The molecule has 0 bridgehead atoms. The van der Waals surface area contributed by atoms with Gasteiger partial charge in [0.15, 0.2) is 0 Å². The highest BCUT2D eigenvalue weighted by Gasteiger charge is 2.30. The summed E-state index contributed by atoms with van der Waals surface area (Å²) in [6, 6.07) is 29.0. The molecule has 0 radical (unpaired) electrons. The summed E-state index contributed by atoms with van der Waals surface area (Å²) in [5.74, 6) is -0.417. The molecule has 0 saturated carbocycles. The maximum absolute atomic E-state index is 13.6. The zero-order chi connectivity index (χ0) is 27.7. The molecule has 2 amide bonds. The minimum Gasteiger partial charge on any atom is -0.466 e. The van der Waals surface area contributed by atoms with Gasteiger partial charge in [-0.05, 0) is 42.9 Å². The fourth-order valence-corrected chi connectivity index (χ4v) is 4.53. The average molecular weight is 529 g/mol. The zero-order valence-corrected chi connectivity index (χ0v) is 22.9. The van der Waals surface area contributed by atoms with Gasteiger partial charge in [0.05, 0.1) is 6.61 Å². The molecule has 3 aromatic rings. The number of carbonyl (C=O) groups is 3. The molecular formula is C33H40N2O4. The Hall–Kier alpha value is -3.93. The van der Waals surface area contributed by atoms with Crippen molar-refractivity contribution in [2.24, 2.45) is 0 Å². The SMILES string of the molecule is CCOC(=O)CCCCCC(=O)N(Cc1ccccc1)C(Cc1ccccc1)C(=O)NCCc1ccccc1. The van der Waals surface area contributed by atoms with Crippen LogP contribution >= 0.6 is 0 Å². The molecule has 6 heteroatoms. The quantitative estimate of drug-likeness (QED) is 0.197. The van der Waals surface area contributed by atoms with Gasteiger partial charge < -0.3 is 15.0 Å². The normalized spacial score (nSPS) is 11.4. The standard InChI is InChI=1S/C33H40N2O4/c1-2-39-32(37)22-14-6-13-21-31(36)35(26-29-19-11-5-12-20-29)30(25-28-17-9-4-10-18-28)33(38)34-24-23-27-15-7-3-8-16-27/h3-5,7-12,15-20,30H,2,6,13-14,21-26H2,1H3,(H,34,38). The lowest BCUT2D eigenvalue weighted by molar-refractivity contribution is -0.143. The fraction of sp³-hybridized carbons (Fsp3) is 0.364. The molecule has 6 nitrogen and oxygen atoms in total. The van der Waals surface area contributed by atoms with Gasteiger partial charge in [-0.1, -0.05) is 97.4 Å². The van der Waals surface area contributed by atoms with Gasteiger partial charge in [-0.3, -0.25) is 14.4 Å². The van der Waals surface area contributed by atoms with Crippen LogP contribution in [0.2, 0.25) is 0 Å². The maximum Gasteiger partial charge on any atom is 0.305 e. The first kappa shape index (κ1) is 29.6. The summed E-state index contributed by atoms with van der Waals surface area (Å²) in [4.78, 5) is 40.6. The molecule has 3 rings (SSSR count). The van der Waals surface area contributed by atoms with Crippen molar-refractivity contribution in [3.63, 3.8) is 0 Å². The van der Waals surface area contributed by atoms with Crippen LogP contribution in [0.25, 0.3) is 0 Å². The molecule has 0 fully saturated rings. The third-order valence-electron chi connectivity index (χ3n) is 6.60. The van der Waals surface area contributed by atoms with Crippen LogP contribution in [0, 0.1) is 0 Å². The number of amides is 2. The molecular weight excluding hydrogens is 488 g/mol. The number of carbonyl (C=O) groups excluding carboxylic acids is 3.